The zero-order chi connectivity index (χ0) is 29.2. The largest absolute Gasteiger partial charge is 0.293 e. The van der Waals surface area contributed by atoms with Crippen molar-refractivity contribution in [3.05, 3.63) is 119 Å². The Hall–Kier alpha value is -4.02. The van der Waals surface area contributed by atoms with E-state index < -0.39 is 43.1 Å². The van der Waals surface area contributed by atoms with Gasteiger partial charge in [0.2, 0.25) is 0 Å². The third kappa shape index (κ3) is 6.40. The van der Waals surface area contributed by atoms with Crippen LogP contribution in [0.2, 0.25) is 0 Å². The molecular formula is C30H28N2O6S2. The van der Waals surface area contributed by atoms with E-state index in [0.717, 1.165) is 12.5 Å². The average molecular weight is 577 g/mol. The number of Topliss-reactive ketones (excluding diaryl/α,β-unsaturated/α-hetero) is 2. The fourth-order valence-corrected chi connectivity index (χ4v) is 5.68. The minimum Gasteiger partial charge on any atom is -0.293 e. The molecule has 0 amide bonds. The molecule has 0 bridgehead atoms. The zero-order valence-electron chi connectivity index (χ0n) is 22.4. The molecular weight excluding hydrogens is 548 g/mol. The van der Waals surface area contributed by atoms with Gasteiger partial charge in [-0.15, -0.1) is 0 Å². The van der Waals surface area contributed by atoms with Gasteiger partial charge in [0.1, 0.15) is 0 Å². The molecule has 0 fully saturated rings. The van der Waals surface area contributed by atoms with Gasteiger partial charge in [0, 0.05) is 47.4 Å². The highest BCUT2D eigenvalue weighted by molar-refractivity contribution is 7.91. The number of aromatic nitrogens is 2. The van der Waals surface area contributed by atoms with E-state index in [9.17, 15) is 26.4 Å². The number of hydrogen-bond donors (Lipinski definition) is 0. The Kier molecular flexibility index (Phi) is 8.13. The van der Waals surface area contributed by atoms with E-state index in [1.54, 1.807) is 38.1 Å². The van der Waals surface area contributed by atoms with E-state index in [2.05, 4.69) is 9.97 Å². The lowest BCUT2D eigenvalue weighted by Crippen LogP contribution is -2.27. The van der Waals surface area contributed by atoms with Crippen LogP contribution in [0.15, 0.2) is 95.0 Å². The van der Waals surface area contributed by atoms with Crippen LogP contribution >= 0.6 is 0 Å². The smallest absolute Gasteiger partial charge is 0.175 e. The van der Waals surface area contributed by atoms with Gasteiger partial charge in [-0.2, -0.15) is 0 Å². The number of sulfone groups is 2. The maximum atomic E-state index is 14.1. The van der Waals surface area contributed by atoms with Gasteiger partial charge >= 0.3 is 0 Å². The van der Waals surface area contributed by atoms with Gasteiger partial charge in [0.15, 0.2) is 31.2 Å². The number of aryl methyl sites for hydroxylation is 2. The normalized spacial score (nSPS) is 13.4. The molecule has 0 saturated heterocycles. The zero-order valence-corrected chi connectivity index (χ0v) is 24.0. The van der Waals surface area contributed by atoms with Crippen molar-refractivity contribution in [2.24, 2.45) is 0 Å². The molecule has 2 unspecified atom stereocenters. The fraction of sp³-hybridized carbons (Fsp3) is 0.200. The molecule has 2 atom stereocenters. The number of carbonyl (C=O) groups excluding carboxylic acids is 2. The van der Waals surface area contributed by atoms with Gasteiger partial charge in [0.25, 0.3) is 0 Å². The quantitative estimate of drug-likeness (QED) is 0.266. The number of rotatable bonds is 9. The van der Waals surface area contributed by atoms with Crippen LogP contribution in [-0.4, -0.2) is 50.9 Å². The summed E-state index contributed by atoms with van der Waals surface area (Å²) in [6, 6.07) is 18.4. The molecule has 0 N–H and O–H groups in total. The first-order chi connectivity index (χ1) is 18.8. The third-order valence-corrected chi connectivity index (χ3v) is 8.88. The topological polar surface area (TPSA) is 128 Å². The first kappa shape index (κ1) is 29.0. The van der Waals surface area contributed by atoms with Crippen molar-refractivity contribution in [1.82, 2.24) is 9.97 Å². The van der Waals surface area contributed by atoms with Crippen LogP contribution in [0.1, 0.15) is 55.1 Å². The van der Waals surface area contributed by atoms with Gasteiger partial charge in [-0.25, -0.2) is 16.8 Å². The van der Waals surface area contributed by atoms with Crippen LogP contribution < -0.4 is 0 Å². The second kappa shape index (κ2) is 11.2. The molecule has 0 saturated carbocycles. The lowest BCUT2D eigenvalue weighted by atomic mass is 9.74. The van der Waals surface area contributed by atoms with Gasteiger partial charge in [0.05, 0.1) is 21.6 Å². The van der Waals surface area contributed by atoms with Crippen LogP contribution in [0, 0.1) is 13.8 Å². The Morgan fingerprint density at radius 3 is 1.12 bits per heavy atom. The summed E-state index contributed by atoms with van der Waals surface area (Å²) in [6.07, 6.45) is 5.06. The number of hydrogen-bond acceptors (Lipinski definition) is 8. The Morgan fingerprint density at radius 2 is 0.875 bits per heavy atom. The number of pyridine rings is 2. The molecule has 4 rings (SSSR count). The molecule has 10 heteroatoms. The van der Waals surface area contributed by atoms with Crippen LogP contribution in [0.5, 0.6) is 0 Å². The highest BCUT2D eigenvalue weighted by Gasteiger charge is 2.37. The summed E-state index contributed by atoms with van der Waals surface area (Å²) in [4.78, 5) is 36.9. The fourth-order valence-electron chi connectivity index (χ4n) is 4.42. The number of nitrogens with zero attached hydrogens (tertiary/aromatic N) is 2. The molecule has 4 aromatic rings. The van der Waals surface area contributed by atoms with E-state index in [1.165, 1.54) is 60.9 Å². The maximum absolute atomic E-state index is 14.1. The van der Waals surface area contributed by atoms with Crippen LogP contribution in [0.3, 0.4) is 0 Å². The van der Waals surface area contributed by atoms with Gasteiger partial charge in [-0.05, 0) is 73.5 Å². The molecule has 2 aromatic heterocycles. The minimum absolute atomic E-state index is 0.0718. The number of benzene rings is 2. The average Bonchev–Trinajstić information content (AvgIpc) is 2.91. The molecule has 0 spiro atoms. The van der Waals surface area contributed by atoms with Crippen LogP contribution in [0.4, 0.5) is 0 Å². The number of carbonyl (C=O) groups is 2. The summed E-state index contributed by atoms with van der Waals surface area (Å²) in [5.74, 6) is -2.97. The molecule has 0 aliphatic rings. The van der Waals surface area contributed by atoms with Crippen molar-refractivity contribution in [2.75, 3.05) is 12.5 Å². The lowest BCUT2D eigenvalue weighted by molar-refractivity contribution is 0.0866. The van der Waals surface area contributed by atoms with E-state index in [-0.39, 0.29) is 20.9 Å². The molecule has 2 heterocycles. The maximum Gasteiger partial charge on any atom is 0.175 e. The van der Waals surface area contributed by atoms with Crippen molar-refractivity contribution in [3.63, 3.8) is 0 Å². The molecule has 0 aliphatic heterocycles. The second-order valence-corrected chi connectivity index (χ2v) is 13.8. The highest BCUT2D eigenvalue weighted by atomic mass is 32.2. The first-order valence-electron chi connectivity index (χ1n) is 12.3. The predicted molar refractivity (Wildman–Crippen MR) is 151 cm³/mol. The second-order valence-electron chi connectivity index (χ2n) is 9.74. The van der Waals surface area contributed by atoms with Crippen LogP contribution in [-0.2, 0) is 19.7 Å². The standard InChI is InChI=1S/C30H28N2O6S2/c1-19-5-7-23(17-31-19)29(33)27(21-9-13-25(14-10-21)39(3,35)36)28(30(34)24-8-6-20(2)32-18-24)22-11-15-26(16-12-22)40(4,37)38/h5-18,27-28H,1-4H3. The summed E-state index contributed by atoms with van der Waals surface area (Å²) < 4.78 is 48.4. The van der Waals surface area contributed by atoms with Crippen molar-refractivity contribution in [3.8, 4) is 0 Å². The van der Waals surface area contributed by atoms with E-state index in [4.69, 9.17) is 0 Å². The molecule has 0 aliphatic carbocycles. The predicted octanol–water partition coefficient (Wildman–Crippen LogP) is 4.53. The monoisotopic (exact) mass is 576 g/mol. The molecule has 206 valence electrons. The Labute approximate surface area is 234 Å². The van der Waals surface area contributed by atoms with E-state index >= 15 is 0 Å². The van der Waals surface area contributed by atoms with Crippen LogP contribution in [0.25, 0.3) is 0 Å². The van der Waals surface area contributed by atoms with Crippen molar-refractivity contribution < 1.29 is 26.4 Å². The lowest BCUT2D eigenvalue weighted by Gasteiger charge is -2.27. The van der Waals surface area contributed by atoms with Gasteiger partial charge < -0.3 is 0 Å². The summed E-state index contributed by atoms with van der Waals surface area (Å²) in [6.45, 7) is 3.57. The molecule has 2 aromatic carbocycles. The van der Waals surface area contributed by atoms with Crippen molar-refractivity contribution in [2.45, 2.75) is 35.5 Å². The SMILES string of the molecule is Cc1ccc(C(=O)C(c2ccc(S(C)(=O)=O)cc2)C(C(=O)c2ccc(C)nc2)c2ccc(S(C)(=O)=O)cc2)cn1. The summed E-state index contributed by atoms with van der Waals surface area (Å²) in [5.41, 5.74) is 2.80. The molecule has 8 nitrogen and oxygen atoms in total. The molecule has 40 heavy (non-hydrogen) atoms. The Balaban J connectivity index is 1.95. The molecule has 0 radical (unpaired) electrons. The van der Waals surface area contributed by atoms with Gasteiger partial charge in [-0.1, -0.05) is 24.3 Å². The first-order valence-corrected chi connectivity index (χ1v) is 16.1. The van der Waals surface area contributed by atoms with Crippen molar-refractivity contribution >= 4 is 31.2 Å². The van der Waals surface area contributed by atoms with E-state index in [0.29, 0.717) is 22.5 Å². The van der Waals surface area contributed by atoms with Crippen molar-refractivity contribution in [1.29, 1.82) is 0 Å². The number of ketones is 2. The Morgan fingerprint density at radius 1 is 0.550 bits per heavy atom. The Bertz CT molecular complexity index is 1630. The summed E-state index contributed by atoms with van der Waals surface area (Å²) in [7, 11) is -7.01. The summed E-state index contributed by atoms with van der Waals surface area (Å²) >= 11 is 0. The van der Waals surface area contributed by atoms with E-state index in [1.807, 2.05) is 0 Å². The highest BCUT2D eigenvalue weighted by Crippen LogP contribution is 2.39. The minimum atomic E-state index is -3.50. The van der Waals surface area contributed by atoms with Gasteiger partial charge in [-0.3, -0.25) is 19.6 Å². The third-order valence-electron chi connectivity index (χ3n) is 6.62. The summed E-state index contributed by atoms with van der Waals surface area (Å²) in [5, 5.41) is 0.